The molecule has 0 aromatic carbocycles. The lowest BCUT2D eigenvalue weighted by molar-refractivity contribution is 0.357. The van der Waals surface area contributed by atoms with Crippen LogP contribution in [-0.4, -0.2) is 11.0 Å². The van der Waals surface area contributed by atoms with Crippen molar-refractivity contribution in [2.45, 2.75) is 64.5 Å². The quantitative estimate of drug-likeness (QED) is 0.476. The molecule has 84 valence electrons. The maximum absolute atomic E-state index is 2.34. The molecule has 1 unspecified atom stereocenters. The Morgan fingerprint density at radius 3 is 2.50 bits per heavy atom. The molecule has 0 nitrogen and oxygen atoms in total. The molecule has 1 atom stereocenters. The number of unbranched alkanes of at least 4 members (excludes halogenated alkanes) is 2. The summed E-state index contributed by atoms with van der Waals surface area (Å²) in [6.07, 6.45) is 8.62. The van der Waals surface area contributed by atoms with Crippen molar-refractivity contribution in [2.75, 3.05) is 5.75 Å². The SMILES string of the molecule is CC(C)(C)CCCCCC1CCSS1. The second-order valence-corrected chi connectivity index (χ2v) is 8.28. The molecule has 0 amide bonds. The van der Waals surface area contributed by atoms with E-state index in [1.54, 1.807) is 0 Å². The van der Waals surface area contributed by atoms with Crippen LogP contribution in [0.4, 0.5) is 0 Å². The van der Waals surface area contributed by atoms with E-state index < -0.39 is 0 Å². The summed E-state index contributed by atoms with van der Waals surface area (Å²) in [6, 6.07) is 0. The average Bonchev–Trinajstić information content (AvgIpc) is 2.54. The molecule has 0 aromatic heterocycles. The summed E-state index contributed by atoms with van der Waals surface area (Å²) >= 11 is 0. The molecule has 1 heterocycles. The summed E-state index contributed by atoms with van der Waals surface area (Å²) in [5.41, 5.74) is 0.540. The fraction of sp³-hybridized carbons (Fsp3) is 1.00. The highest BCUT2D eigenvalue weighted by atomic mass is 33.1. The van der Waals surface area contributed by atoms with E-state index in [0.29, 0.717) is 5.41 Å². The third kappa shape index (κ3) is 6.23. The Balaban J connectivity index is 1.89. The minimum Gasteiger partial charge on any atom is -0.0938 e. The van der Waals surface area contributed by atoms with Gasteiger partial charge in [0, 0.05) is 11.0 Å². The molecule has 1 aliphatic rings. The first-order chi connectivity index (χ1) is 6.58. The van der Waals surface area contributed by atoms with Crippen molar-refractivity contribution in [1.29, 1.82) is 0 Å². The van der Waals surface area contributed by atoms with Gasteiger partial charge in [-0.3, -0.25) is 0 Å². The van der Waals surface area contributed by atoms with Crippen LogP contribution >= 0.6 is 21.6 Å². The van der Waals surface area contributed by atoms with E-state index in [2.05, 4.69) is 42.4 Å². The molecule has 0 saturated carbocycles. The largest absolute Gasteiger partial charge is 0.0938 e. The molecular formula is C12H24S2. The Morgan fingerprint density at radius 2 is 1.93 bits per heavy atom. The Kier molecular flexibility index (Phi) is 5.76. The van der Waals surface area contributed by atoms with E-state index in [1.165, 1.54) is 44.3 Å². The Morgan fingerprint density at radius 1 is 1.14 bits per heavy atom. The third-order valence-corrected chi connectivity index (χ3v) is 5.69. The maximum Gasteiger partial charge on any atom is 0.0159 e. The summed E-state index contributed by atoms with van der Waals surface area (Å²) < 4.78 is 0. The van der Waals surface area contributed by atoms with E-state index in [-0.39, 0.29) is 0 Å². The Labute approximate surface area is 97.4 Å². The molecular weight excluding hydrogens is 208 g/mol. The predicted octanol–water partition coefficient (Wildman–Crippen LogP) is 5.14. The van der Waals surface area contributed by atoms with Crippen molar-refractivity contribution >= 4 is 21.6 Å². The molecule has 0 N–H and O–H groups in total. The van der Waals surface area contributed by atoms with Crippen LogP contribution in [0, 0.1) is 5.41 Å². The van der Waals surface area contributed by atoms with E-state index in [9.17, 15) is 0 Å². The Hall–Kier alpha value is 0.700. The molecule has 0 bridgehead atoms. The van der Waals surface area contributed by atoms with Crippen LogP contribution in [-0.2, 0) is 0 Å². The van der Waals surface area contributed by atoms with Gasteiger partial charge in [0.25, 0.3) is 0 Å². The molecule has 0 spiro atoms. The number of rotatable bonds is 5. The number of hydrogen-bond acceptors (Lipinski definition) is 2. The van der Waals surface area contributed by atoms with E-state index in [1.807, 2.05) is 0 Å². The normalized spacial score (nSPS) is 22.9. The second-order valence-electron chi connectivity index (χ2n) is 5.49. The van der Waals surface area contributed by atoms with Gasteiger partial charge >= 0.3 is 0 Å². The summed E-state index contributed by atoms with van der Waals surface area (Å²) in [4.78, 5) is 0. The molecule has 1 saturated heterocycles. The van der Waals surface area contributed by atoms with Gasteiger partial charge in [-0.1, -0.05) is 61.6 Å². The zero-order valence-electron chi connectivity index (χ0n) is 9.84. The second kappa shape index (κ2) is 6.32. The summed E-state index contributed by atoms with van der Waals surface area (Å²) in [7, 11) is 4.19. The van der Waals surface area contributed by atoms with Gasteiger partial charge in [0.05, 0.1) is 0 Å². The fourth-order valence-electron chi connectivity index (χ4n) is 1.77. The van der Waals surface area contributed by atoms with Crippen molar-refractivity contribution in [3.05, 3.63) is 0 Å². The van der Waals surface area contributed by atoms with Crippen LogP contribution in [0.25, 0.3) is 0 Å². The molecule has 1 rings (SSSR count). The highest BCUT2D eigenvalue weighted by molar-refractivity contribution is 8.77. The van der Waals surface area contributed by atoms with Gasteiger partial charge < -0.3 is 0 Å². The highest BCUT2D eigenvalue weighted by Gasteiger charge is 2.15. The van der Waals surface area contributed by atoms with Crippen molar-refractivity contribution in [3.63, 3.8) is 0 Å². The molecule has 1 fully saturated rings. The first-order valence-corrected chi connectivity index (χ1v) is 8.24. The lowest BCUT2D eigenvalue weighted by atomic mass is 9.89. The molecule has 0 radical (unpaired) electrons. The summed E-state index contributed by atoms with van der Waals surface area (Å²) in [6.45, 7) is 7.03. The molecule has 14 heavy (non-hydrogen) atoms. The highest BCUT2D eigenvalue weighted by Crippen LogP contribution is 2.40. The van der Waals surface area contributed by atoms with E-state index in [4.69, 9.17) is 0 Å². The van der Waals surface area contributed by atoms with Gasteiger partial charge in [0.15, 0.2) is 0 Å². The molecule has 0 aromatic rings. The van der Waals surface area contributed by atoms with Crippen molar-refractivity contribution in [2.24, 2.45) is 5.41 Å². The average molecular weight is 232 g/mol. The van der Waals surface area contributed by atoms with Gasteiger partial charge in [-0.05, 0) is 24.7 Å². The molecule has 0 aliphatic carbocycles. The topological polar surface area (TPSA) is 0 Å². The van der Waals surface area contributed by atoms with E-state index >= 15 is 0 Å². The lowest BCUT2D eigenvalue weighted by Crippen LogP contribution is -2.04. The van der Waals surface area contributed by atoms with Crippen LogP contribution in [0.5, 0.6) is 0 Å². The van der Waals surface area contributed by atoms with Crippen LogP contribution < -0.4 is 0 Å². The first kappa shape index (κ1) is 12.8. The van der Waals surface area contributed by atoms with Gasteiger partial charge in [-0.15, -0.1) is 0 Å². The third-order valence-electron chi connectivity index (χ3n) is 2.68. The van der Waals surface area contributed by atoms with Crippen molar-refractivity contribution in [3.8, 4) is 0 Å². The maximum atomic E-state index is 2.34. The van der Waals surface area contributed by atoms with Crippen LogP contribution in [0.1, 0.15) is 59.3 Å². The lowest BCUT2D eigenvalue weighted by Gasteiger charge is -2.17. The monoisotopic (exact) mass is 232 g/mol. The predicted molar refractivity (Wildman–Crippen MR) is 71.0 cm³/mol. The minimum absolute atomic E-state index is 0.540. The van der Waals surface area contributed by atoms with Gasteiger partial charge in [0.2, 0.25) is 0 Å². The zero-order chi connectivity index (χ0) is 10.4. The smallest absolute Gasteiger partial charge is 0.0159 e. The Bertz CT molecular complexity index is 143. The van der Waals surface area contributed by atoms with Crippen LogP contribution in [0.15, 0.2) is 0 Å². The van der Waals surface area contributed by atoms with Crippen molar-refractivity contribution < 1.29 is 0 Å². The van der Waals surface area contributed by atoms with Gasteiger partial charge in [-0.25, -0.2) is 0 Å². The van der Waals surface area contributed by atoms with Gasteiger partial charge in [0.1, 0.15) is 0 Å². The molecule has 1 aliphatic heterocycles. The summed E-state index contributed by atoms with van der Waals surface area (Å²) in [5, 5.41) is 0.981. The zero-order valence-corrected chi connectivity index (χ0v) is 11.5. The first-order valence-electron chi connectivity index (χ1n) is 5.86. The van der Waals surface area contributed by atoms with Crippen LogP contribution in [0.2, 0.25) is 0 Å². The number of hydrogen-bond donors (Lipinski definition) is 0. The fourth-order valence-corrected chi connectivity index (χ4v) is 4.80. The summed E-state index contributed by atoms with van der Waals surface area (Å²) in [5.74, 6) is 1.39. The van der Waals surface area contributed by atoms with E-state index in [0.717, 1.165) is 5.25 Å². The van der Waals surface area contributed by atoms with Crippen LogP contribution in [0.3, 0.4) is 0 Å². The standard InChI is InChI=1S/C12H24S2/c1-12(2,3)9-6-4-5-7-11-8-10-13-14-11/h11H,4-10H2,1-3H3. The van der Waals surface area contributed by atoms with Gasteiger partial charge in [-0.2, -0.15) is 0 Å². The minimum atomic E-state index is 0.540. The molecule has 2 heteroatoms. The van der Waals surface area contributed by atoms with Crippen molar-refractivity contribution in [1.82, 2.24) is 0 Å².